The lowest BCUT2D eigenvalue weighted by Gasteiger charge is -2.47. The van der Waals surface area contributed by atoms with Crippen molar-refractivity contribution in [1.82, 2.24) is 19.4 Å². The predicted molar refractivity (Wildman–Crippen MR) is 129 cm³/mol. The Labute approximate surface area is 199 Å². The van der Waals surface area contributed by atoms with Crippen LogP contribution in [-0.2, 0) is 4.79 Å². The number of hydrogen-bond acceptors (Lipinski definition) is 5. The van der Waals surface area contributed by atoms with Crippen LogP contribution in [0.2, 0.25) is 0 Å². The molecule has 0 saturated carbocycles. The number of aromatic nitrogens is 2. The largest absolute Gasteiger partial charge is 0.335 e. The third-order valence-corrected chi connectivity index (χ3v) is 7.23. The summed E-state index contributed by atoms with van der Waals surface area (Å²) in [5.74, 6) is 0.508. The zero-order valence-corrected chi connectivity index (χ0v) is 19.1. The number of hydrogen-bond donors (Lipinski definition) is 0. The van der Waals surface area contributed by atoms with Crippen molar-refractivity contribution < 1.29 is 14.0 Å². The molecule has 34 heavy (non-hydrogen) atoms. The molecule has 2 aromatic heterocycles. The molecular formula is C25H22FN5O2S. The summed E-state index contributed by atoms with van der Waals surface area (Å²) in [6, 6.07) is 14.2. The minimum Gasteiger partial charge on any atom is -0.335 e. The van der Waals surface area contributed by atoms with Gasteiger partial charge in [0.05, 0.1) is 17.6 Å². The molecular weight excluding hydrogens is 453 g/mol. The van der Waals surface area contributed by atoms with Crippen LogP contribution in [0.3, 0.4) is 0 Å². The summed E-state index contributed by atoms with van der Waals surface area (Å²) < 4.78 is 15.2. The molecule has 2 saturated heterocycles. The van der Waals surface area contributed by atoms with Crippen molar-refractivity contribution in [1.29, 1.82) is 0 Å². The SMILES string of the molecule is O=C(c1ccc2c(ccn2-c2ccc(F)cc2)c1)N1CC(N2CCN(c3cscn3)C(=O)C2)C1. The number of carbonyl (C=O) groups is 2. The molecule has 172 valence electrons. The van der Waals surface area contributed by atoms with Gasteiger partial charge in [0.1, 0.15) is 11.6 Å². The number of nitrogens with zero attached hydrogens (tertiary/aromatic N) is 5. The van der Waals surface area contributed by atoms with E-state index in [2.05, 4.69) is 9.88 Å². The van der Waals surface area contributed by atoms with Crippen LogP contribution in [0.15, 0.2) is 65.6 Å². The molecule has 2 amide bonds. The molecule has 4 aromatic rings. The summed E-state index contributed by atoms with van der Waals surface area (Å²) in [5, 5.41) is 2.85. The van der Waals surface area contributed by atoms with E-state index in [1.165, 1.54) is 23.5 Å². The van der Waals surface area contributed by atoms with Crippen molar-refractivity contribution >= 4 is 39.9 Å². The molecule has 0 N–H and O–H groups in total. The van der Waals surface area contributed by atoms with E-state index in [1.807, 2.05) is 45.3 Å². The molecule has 2 fully saturated rings. The average Bonchev–Trinajstić information content (AvgIpc) is 3.48. The predicted octanol–water partition coefficient (Wildman–Crippen LogP) is 3.40. The lowest BCUT2D eigenvalue weighted by Crippen LogP contribution is -2.65. The minimum atomic E-state index is -0.272. The van der Waals surface area contributed by atoms with Gasteiger partial charge in [-0.1, -0.05) is 0 Å². The Balaban J connectivity index is 1.10. The van der Waals surface area contributed by atoms with Gasteiger partial charge in [0.25, 0.3) is 5.91 Å². The fourth-order valence-corrected chi connectivity index (χ4v) is 5.26. The normalized spacial score (nSPS) is 17.4. The minimum absolute atomic E-state index is 0.000109. The zero-order chi connectivity index (χ0) is 23.2. The molecule has 2 aliphatic heterocycles. The van der Waals surface area contributed by atoms with Crippen LogP contribution in [0.25, 0.3) is 16.6 Å². The molecule has 2 aromatic carbocycles. The van der Waals surface area contributed by atoms with Crippen LogP contribution >= 0.6 is 11.3 Å². The van der Waals surface area contributed by atoms with Gasteiger partial charge < -0.3 is 9.47 Å². The van der Waals surface area contributed by atoms with Crippen LogP contribution in [0.1, 0.15) is 10.4 Å². The van der Waals surface area contributed by atoms with Gasteiger partial charge >= 0.3 is 0 Å². The maximum absolute atomic E-state index is 13.3. The number of benzene rings is 2. The highest BCUT2D eigenvalue weighted by molar-refractivity contribution is 7.07. The maximum atomic E-state index is 13.3. The average molecular weight is 476 g/mol. The Hall–Kier alpha value is -3.56. The summed E-state index contributed by atoms with van der Waals surface area (Å²) >= 11 is 1.48. The highest BCUT2D eigenvalue weighted by Gasteiger charge is 2.38. The van der Waals surface area contributed by atoms with Crippen LogP contribution in [-0.4, -0.2) is 69.9 Å². The number of halogens is 1. The second-order valence-electron chi connectivity index (χ2n) is 8.66. The Kier molecular flexibility index (Phi) is 5.15. The number of piperazine rings is 1. The molecule has 2 aliphatic rings. The topological polar surface area (TPSA) is 61.7 Å². The standard InChI is InChI=1S/C25H22FN5O2S/c26-19-2-4-20(5-3-19)30-8-7-17-11-18(1-6-22(17)30)25(33)29-12-21(13-29)28-9-10-31(24(32)14-28)23-15-34-16-27-23/h1-8,11,15-16,21H,9-10,12-14H2. The number of amides is 2. The number of thiazole rings is 1. The van der Waals surface area contributed by atoms with Gasteiger partial charge in [-0.15, -0.1) is 11.3 Å². The van der Waals surface area contributed by atoms with Crippen LogP contribution in [0, 0.1) is 5.82 Å². The summed E-state index contributed by atoms with van der Waals surface area (Å²) in [6.45, 7) is 3.00. The maximum Gasteiger partial charge on any atom is 0.253 e. The Morgan fingerprint density at radius 1 is 1.06 bits per heavy atom. The van der Waals surface area contributed by atoms with E-state index < -0.39 is 0 Å². The van der Waals surface area contributed by atoms with Crippen molar-refractivity contribution in [2.45, 2.75) is 6.04 Å². The van der Waals surface area contributed by atoms with Gasteiger partial charge in [-0.25, -0.2) is 9.37 Å². The molecule has 0 spiro atoms. The quantitative estimate of drug-likeness (QED) is 0.454. The summed E-state index contributed by atoms with van der Waals surface area (Å²) in [5.41, 5.74) is 4.21. The van der Waals surface area contributed by atoms with E-state index in [1.54, 1.807) is 22.5 Å². The van der Waals surface area contributed by atoms with Crippen molar-refractivity contribution in [3.63, 3.8) is 0 Å². The monoisotopic (exact) mass is 475 g/mol. The third kappa shape index (κ3) is 3.66. The molecule has 0 unspecified atom stereocenters. The van der Waals surface area contributed by atoms with Gasteiger partial charge in [0.15, 0.2) is 0 Å². The van der Waals surface area contributed by atoms with Gasteiger partial charge in [0, 0.05) is 60.4 Å². The van der Waals surface area contributed by atoms with Crippen LogP contribution < -0.4 is 4.90 Å². The van der Waals surface area contributed by atoms with E-state index in [9.17, 15) is 14.0 Å². The Morgan fingerprint density at radius 3 is 2.62 bits per heavy atom. The highest BCUT2D eigenvalue weighted by Crippen LogP contribution is 2.26. The highest BCUT2D eigenvalue weighted by atomic mass is 32.1. The van der Waals surface area contributed by atoms with E-state index in [4.69, 9.17) is 0 Å². The molecule has 0 atom stereocenters. The lowest BCUT2D eigenvalue weighted by atomic mass is 10.0. The fourth-order valence-electron chi connectivity index (χ4n) is 4.72. The first-order valence-corrected chi connectivity index (χ1v) is 12.1. The number of carbonyl (C=O) groups excluding carboxylic acids is 2. The lowest BCUT2D eigenvalue weighted by molar-refractivity contribution is -0.123. The van der Waals surface area contributed by atoms with Crippen molar-refractivity contribution in [3.8, 4) is 5.69 Å². The van der Waals surface area contributed by atoms with Crippen LogP contribution in [0.4, 0.5) is 10.2 Å². The van der Waals surface area contributed by atoms with E-state index in [0.29, 0.717) is 31.7 Å². The van der Waals surface area contributed by atoms with Crippen molar-refractivity contribution in [3.05, 3.63) is 77.0 Å². The molecule has 0 radical (unpaired) electrons. The first-order valence-electron chi connectivity index (χ1n) is 11.2. The number of rotatable bonds is 4. The Bertz CT molecular complexity index is 1360. The molecule has 6 rings (SSSR count). The van der Waals surface area contributed by atoms with Gasteiger partial charge in [0.2, 0.25) is 5.91 Å². The Morgan fingerprint density at radius 2 is 1.88 bits per heavy atom. The van der Waals surface area contributed by atoms with Crippen LogP contribution in [0.5, 0.6) is 0 Å². The van der Waals surface area contributed by atoms with Crippen molar-refractivity contribution in [2.24, 2.45) is 0 Å². The second-order valence-corrected chi connectivity index (χ2v) is 9.38. The molecule has 0 bridgehead atoms. The van der Waals surface area contributed by atoms with Gasteiger partial charge in [-0.05, 0) is 48.5 Å². The second kappa shape index (κ2) is 8.34. The van der Waals surface area contributed by atoms with Crippen molar-refractivity contribution in [2.75, 3.05) is 37.6 Å². The molecule has 7 nitrogen and oxygen atoms in total. The third-order valence-electron chi connectivity index (χ3n) is 6.65. The first kappa shape index (κ1) is 21.0. The summed E-state index contributed by atoms with van der Waals surface area (Å²) in [6.07, 6.45) is 1.92. The van der Waals surface area contributed by atoms with Gasteiger partial charge in [-0.2, -0.15) is 0 Å². The number of anilines is 1. The van der Waals surface area contributed by atoms with E-state index in [0.717, 1.165) is 29.0 Å². The first-order chi connectivity index (χ1) is 16.6. The number of fused-ring (bicyclic) bond motifs is 1. The molecule has 4 heterocycles. The summed E-state index contributed by atoms with van der Waals surface area (Å²) in [7, 11) is 0. The van der Waals surface area contributed by atoms with Gasteiger partial charge in [-0.3, -0.25) is 19.4 Å². The smallest absolute Gasteiger partial charge is 0.253 e. The summed E-state index contributed by atoms with van der Waals surface area (Å²) in [4.78, 5) is 35.6. The van der Waals surface area contributed by atoms with E-state index >= 15 is 0 Å². The number of likely N-dealkylation sites (tertiary alicyclic amines) is 1. The van der Waals surface area contributed by atoms with E-state index in [-0.39, 0.29) is 23.7 Å². The molecule has 9 heteroatoms. The zero-order valence-electron chi connectivity index (χ0n) is 18.3. The fraction of sp³-hybridized carbons (Fsp3) is 0.240. The molecule has 0 aliphatic carbocycles.